The molecule has 1 amide bonds. The van der Waals surface area contributed by atoms with Gasteiger partial charge in [-0.2, -0.15) is 0 Å². The van der Waals surface area contributed by atoms with Crippen LogP contribution in [0.15, 0.2) is 47.6 Å². The molecule has 170 valence electrons. The first kappa shape index (κ1) is 23.9. The number of aromatic nitrogens is 3. The van der Waals surface area contributed by atoms with E-state index in [1.54, 1.807) is 13.2 Å². The number of benzene rings is 2. The van der Waals surface area contributed by atoms with Gasteiger partial charge in [0.1, 0.15) is 11.5 Å². The molecule has 3 rings (SSSR count). The average Bonchev–Trinajstić information content (AvgIpc) is 3.19. The first-order valence-corrected chi connectivity index (χ1v) is 11.6. The number of hydrogen-bond donors (Lipinski definition) is 1. The Kier molecular flexibility index (Phi) is 8.04. The van der Waals surface area contributed by atoms with Crippen molar-refractivity contribution >= 4 is 35.0 Å². The van der Waals surface area contributed by atoms with Crippen molar-refractivity contribution in [1.29, 1.82) is 0 Å². The van der Waals surface area contributed by atoms with Crippen molar-refractivity contribution in [1.82, 2.24) is 14.8 Å². The number of halogens is 1. The molecule has 1 unspecified atom stereocenters. The maximum absolute atomic E-state index is 12.4. The van der Waals surface area contributed by atoms with Gasteiger partial charge in [-0.25, -0.2) is 0 Å². The lowest BCUT2D eigenvalue weighted by atomic mass is 10.2. The largest absolute Gasteiger partial charge is 0.497 e. The third-order valence-electron chi connectivity index (χ3n) is 4.71. The lowest BCUT2D eigenvalue weighted by Gasteiger charge is -2.19. The molecule has 0 radical (unpaired) electrons. The fraction of sp³-hybridized carbons (Fsp3) is 0.348. The highest BCUT2D eigenvalue weighted by Gasteiger charge is 2.22. The van der Waals surface area contributed by atoms with Crippen molar-refractivity contribution in [3.8, 4) is 11.5 Å². The second-order valence-electron chi connectivity index (χ2n) is 7.54. The van der Waals surface area contributed by atoms with Crippen molar-refractivity contribution in [2.24, 2.45) is 0 Å². The molecule has 0 aliphatic rings. The van der Waals surface area contributed by atoms with E-state index in [2.05, 4.69) is 15.5 Å². The molecule has 0 aliphatic carbocycles. The highest BCUT2D eigenvalue weighted by Crippen LogP contribution is 2.29. The van der Waals surface area contributed by atoms with E-state index in [0.29, 0.717) is 27.4 Å². The summed E-state index contributed by atoms with van der Waals surface area (Å²) in [5.74, 6) is 2.14. The Morgan fingerprint density at radius 2 is 1.91 bits per heavy atom. The molecular weight excluding hydrogens is 448 g/mol. The zero-order chi connectivity index (χ0) is 23.3. The van der Waals surface area contributed by atoms with Gasteiger partial charge in [0, 0.05) is 22.8 Å². The minimum Gasteiger partial charge on any atom is -0.497 e. The first-order valence-electron chi connectivity index (χ1n) is 10.2. The number of carbonyl (C=O) groups is 1. The molecule has 1 aromatic heterocycles. The number of nitrogens with zero attached hydrogens (tertiary/aromatic N) is 3. The molecule has 0 aliphatic heterocycles. The maximum atomic E-state index is 12.4. The molecule has 0 bridgehead atoms. The summed E-state index contributed by atoms with van der Waals surface area (Å²) in [6, 6.07) is 13.0. The van der Waals surface area contributed by atoms with Gasteiger partial charge in [0.05, 0.1) is 12.9 Å². The molecule has 1 heterocycles. The molecule has 1 atom stereocenters. The quantitative estimate of drug-likeness (QED) is 0.401. The standard InChI is InChI=1S/C23H27ClN4O3S/c1-14(2)28-22(16(4)31-19-8-6-7-18(12-19)30-5)26-27-23(28)32-13-21(29)25-17-10-9-15(3)20(24)11-17/h6-12,14,16H,13H2,1-5H3,(H,25,29). The summed E-state index contributed by atoms with van der Waals surface area (Å²) in [4.78, 5) is 12.4. The molecule has 0 saturated heterocycles. The predicted octanol–water partition coefficient (Wildman–Crippen LogP) is 5.70. The summed E-state index contributed by atoms with van der Waals surface area (Å²) in [6.07, 6.45) is -0.338. The number of anilines is 1. The molecule has 1 N–H and O–H groups in total. The molecule has 0 saturated carbocycles. The van der Waals surface area contributed by atoms with Crippen LogP contribution in [-0.2, 0) is 4.79 Å². The summed E-state index contributed by atoms with van der Waals surface area (Å²) < 4.78 is 13.3. The third-order valence-corrected chi connectivity index (χ3v) is 6.06. The van der Waals surface area contributed by atoms with Crippen molar-refractivity contribution in [3.05, 3.63) is 58.9 Å². The Balaban J connectivity index is 1.68. The third kappa shape index (κ3) is 5.95. The Morgan fingerprint density at radius 3 is 2.59 bits per heavy atom. The molecule has 2 aromatic carbocycles. The van der Waals surface area contributed by atoms with Gasteiger partial charge in [-0.15, -0.1) is 10.2 Å². The molecular formula is C23H27ClN4O3S. The van der Waals surface area contributed by atoms with Crippen LogP contribution in [0.4, 0.5) is 5.69 Å². The monoisotopic (exact) mass is 474 g/mol. The van der Waals surface area contributed by atoms with Gasteiger partial charge in [0.15, 0.2) is 17.1 Å². The first-order chi connectivity index (χ1) is 15.3. The lowest BCUT2D eigenvalue weighted by molar-refractivity contribution is -0.113. The second kappa shape index (κ2) is 10.7. The number of methoxy groups -OCH3 is 1. The van der Waals surface area contributed by atoms with E-state index < -0.39 is 0 Å². The highest BCUT2D eigenvalue weighted by molar-refractivity contribution is 7.99. The minimum atomic E-state index is -0.338. The van der Waals surface area contributed by atoms with Gasteiger partial charge in [0.2, 0.25) is 5.91 Å². The second-order valence-corrected chi connectivity index (χ2v) is 8.89. The van der Waals surface area contributed by atoms with Gasteiger partial charge in [0.25, 0.3) is 0 Å². The molecule has 9 heteroatoms. The number of amides is 1. The van der Waals surface area contributed by atoms with Crippen LogP contribution in [-0.4, -0.2) is 33.5 Å². The van der Waals surface area contributed by atoms with Crippen LogP contribution in [0, 0.1) is 6.92 Å². The van der Waals surface area contributed by atoms with Gasteiger partial charge in [-0.1, -0.05) is 35.5 Å². The number of aryl methyl sites for hydroxylation is 1. The fourth-order valence-corrected chi connectivity index (χ4v) is 4.13. The van der Waals surface area contributed by atoms with E-state index in [4.69, 9.17) is 21.1 Å². The van der Waals surface area contributed by atoms with Crippen LogP contribution in [0.5, 0.6) is 11.5 Å². The Bertz CT molecular complexity index is 1090. The SMILES string of the molecule is COc1cccc(OC(C)c2nnc(SCC(=O)Nc3ccc(C)c(Cl)c3)n2C(C)C)c1. The normalized spacial score (nSPS) is 12.0. The number of thioether (sulfide) groups is 1. The summed E-state index contributed by atoms with van der Waals surface area (Å²) in [5, 5.41) is 12.8. The highest BCUT2D eigenvalue weighted by atomic mass is 35.5. The van der Waals surface area contributed by atoms with Gasteiger partial charge >= 0.3 is 0 Å². The van der Waals surface area contributed by atoms with E-state index >= 15 is 0 Å². The van der Waals surface area contributed by atoms with Crippen LogP contribution >= 0.6 is 23.4 Å². The van der Waals surface area contributed by atoms with E-state index in [-0.39, 0.29) is 23.8 Å². The smallest absolute Gasteiger partial charge is 0.234 e. The van der Waals surface area contributed by atoms with Gasteiger partial charge in [-0.3, -0.25) is 4.79 Å². The van der Waals surface area contributed by atoms with E-state index in [1.807, 2.05) is 68.7 Å². The summed E-state index contributed by atoms with van der Waals surface area (Å²) >= 11 is 7.47. The minimum absolute atomic E-state index is 0.0952. The van der Waals surface area contributed by atoms with E-state index in [9.17, 15) is 4.79 Å². The van der Waals surface area contributed by atoms with Crippen molar-refractivity contribution in [3.63, 3.8) is 0 Å². The molecule has 32 heavy (non-hydrogen) atoms. The summed E-state index contributed by atoms with van der Waals surface area (Å²) in [7, 11) is 1.62. The van der Waals surface area contributed by atoms with Crippen LogP contribution in [0.25, 0.3) is 0 Å². The Labute approximate surface area is 197 Å². The van der Waals surface area contributed by atoms with Crippen LogP contribution in [0.1, 0.15) is 44.3 Å². The zero-order valence-corrected chi connectivity index (χ0v) is 20.3. The fourth-order valence-electron chi connectivity index (χ4n) is 3.08. The molecule has 0 fully saturated rings. The number of hydrogen-bond acceptors (Lipinski definition) is 6. The van der Waals surface area contributed by atoms with E-state index in [1.165, 1.54) is 11.8 Å². The van der Waals surface area contributed by atoms with Crippen LogP contribution < -0.4 is 14.8 Å². The predicted molar refractivity (Wildman–Crippen MR) is 128 cm³/mol. The van der Waals surface area contributed by atoms with Crippen LogP contribution in [0.3, 0.4) is 0 Å². The number of rotatable bonds is 9. The lowest BCUT2D eigenvalue weighted by Crippen LogP contribution is -2.16. The summed E-state index contributed by atoms with van der Waals surface area (Å²) in [5.41, 5.74) is 1.62. The number of ether oxygens (including phenoxy) is 2. The zero-order valence-electron chi connectivity index (χ0n) is 18.8. The molecule has 3 aromatic rings. The summed E-state index contributed by atoms with van der Waals surface area (Å²) in [6.45, 7) is 7.93. The van der Waals surface area contributed by atoms with Gasteiger partial charge < -0.3 is 19.4 Å². The average molecular weight is 475 g/mol. The number of carbonyl (C=O) groups excluding carboxylic acids is 1. The van der Waals surface area contributed by atoms with Gasteiger partial charge in [-0.05, 0) is 57.5 Å². The Hall–Kier alpha value is -2.71. The molecule has 0 spiro atoms. The van der Waals surface area contributed by atoms with Crippen molar-refractivity contribution in [2.75, 3.05) is 18.2 Å². The Morgan fingerprint density at radius 1 is 1.16 bits per heavy atom. The van der Waals surface area contributed by atoms with Crippen LogP contribution in [0.2, 0.25) is 5.02 Å². The van der Waals surface area contributed by atoms with Crippen molar-refractivity contribution in [2.45, 2.75) is 45.0 Å². The maximum Gasteiger partial charge on any atom is 0.234 e. The topological polar surface area (TPSA) is 78.3 Å². The number of nitrogens with one attached hydrogen (secondary N) is 1. The van der Waals surface area contributed by atoms with Crippen molar-refractivity contribution < 1.29 is 14.3 Å². The molecule has 7 nitrogen and oxygen atoms in total. The van der Waals surface area contributed by atoms with E-state index in [0.717, 1.165) is 11.3 Å².